The minimum Gasteiger partial charge on any atom is -0.358 e. The molecule has 0 saturated heterocycles. The number of hydrogen-bond acceptors (Lipinski definition) is 0. The first-order valence-corrected chi connectivity index (χ1v) is 3.82. The second-order valence-electron chi connectivity index (χ2n) is 2.15. The Labute approximate surface area is 178 Å². The molecule has 0 aliphatic rings. The van der Waals surface area contributed by atoms with E-state index in [2.05, 4.69) is 12.1 Å². The molecule has 0 aromatic heterocycles. The van der Waals surface area contributed by atoms with Gasteiger partial charge in [-0.15, -0.1) is 0 Å². The molecule has 2 rings (SSSR count). The molecule has 0 saturated carbocycles. The summed E-state index contributed by atoms with van der Waals surface area (Å²) >= 11 is 0. The molecule has 0 atom stereocenters. The Kier molecular flexibility index (Phi) is 35.5. The average molecular weight is 409 g/mol. The van der Waals surface area contributed by atoms with Crippen LogP contribution in [0.15, 0.2) is 60.7 Å². The second-order valence-corrected chi connectivity index (χ2v) is 2.15. The van der Waals surface area contributed by atoms with Gasteiger partial charge in [-0.25, -0.2) is 0 Å². The van der Waals surface area contributed by atoms with Crippen LogP contribution < -0.4 is 0 Å². The third-order valence-corrected chi connectivity index (χ3v) is 1.21. The van der Waals surface area contributed by atoms with Gasteiger partial charge in [-0.2, -0.15) is 72.8 Å². The smallest absolute Gasteiger partial charge is 0.358 e. The van der Waals surface area contributed by atoms with Gasteiger partial charge in [-0.3, -0.25) is 0 Å². The Morgan fingerprint density at radius 2 is 0.750 bits per heavy atom. The molecule has 0 bridgehead atoms. The molecule has 0 nitrogen and oxygen atoms in total. The van der Waals surface area contributed by atoms with Crippen LogP contribution in [0.1, 0.15) is 0 Å². The predicted molar refractivity (Wildman–Crippen MR) is 74.9 cm³/mol. The molecule has 0 amide bonds. The van der Waals surface area contributed by atoms with Gasteiger partial charge >= 0.3 is 94.4 Å². The van der Waals surface area contributed by atoms with Gasteiger partial charge < -0.3 is 14.9 Å². The van der Waals surface area contributed by atoms with Crippen molar-refractivity contribution in [2.75, 3.05) is 0 Å². The fourth-order valence-corrected chi connectivity index (χ4v) is 0.684. The van der Waals surface area contributed by atoms with E-state index in [1.54, 1.807) is 0 Å². The number of benzene rings is 2. The van der Waals surface area contributed by atoms with Crippen molar-refractivity contribution in [2.24, 2.45) is 0 Å². The summed E-state index contributed by atoms with van der Waals surface area (Å²) in [4.78, 5) is 0. The van der Waals surface area contributed by atoms with Gasteiger partial charge in [0, 0.05) is 0 Å². The van der Waals surface area contributed by atoms with Crippen LogP contribution in [0, 0.1) is 27.0 Å². The van der Waals surface area contributed by atoms with Gasteiger partial charge in [-0.1, -0.05) is 0 Å². The molecule has 2 aromatic rings. The van der Waals surface area contributed by atoms with Gasteiger partial charge in [0.25, 0.3) is 0 Å². The molecule has 0 N–H and O–H groups in total. The normalized spacial score (nSPS) is 6.00. The number of hydrogen-bond donors (Lipinski definition) is 0. The third kappa shape index (κ3) is 17.9. The average Bonchev–Trinajstić information content (AvgIpc) is 2.24. The zero-order chi connectivity index (χ0) is 8.49. The van der Waals surface area contributed by atoms with E-state index in [-0.39, 0.29) is 109 Å². The van der Waals surface area contributed by atoms with Crippen LogP contribution in [0.2, 0.25) is 0 Å². The van der Waals surface area contributed by atoms with Crippen LogP contribution in [0.3, 0.4) is 0 Å². The van der Waals surface area contributed by atoms with Crippen molar-refractivity contribution in [3.63, 3.8) is 0 Å². The van der Waals surface area contributed by atoms with Crippen molar-refractivity contribution in [1.29, 1.82) is 0 Å². The molecule has 16 heavy (non-hydrogen) atoms. The Bertz CT molecular complexity index is 186. The molecule has 0 heterocycles. The SMILES string of the molecule is [Ba+2].[CH3-].[CH3-].[Sr+2].[c-]1ccccc1.[c-]1ccccc1. The van der Waals surface area contributed by atoms with E-state index in [1.165, 1.54) is 0 Å². The first-order valence-electron chi connectivity index (χ1n) is 3.82. The zero-order valence-corrected chi connectivity index (χ0v) is 18.1. The van der Waals surface area contributed by atoms with E-state index in [0.717, 1.165) is 0 Å². The molecule has 2 heteroatoms. The van der Waals surface area contributed by atoms with Crippen LogP contribution in [0.5, 0.6) is 0 Å². The Balaban J connectivity index is -0.0000000720. The zero-order valence-electron chi connectivity index (χ0n) is 10.2. The third-order valence-electron chi connectivity index (χ3n) is 1.21. The summed E-state index contributed by atoms with van der Waals surface area (Å²) in [5, 5.41) is 0. The Morgan fingerprint density at radius 1 is 0.500 bits per heavy atom. The Hall–Kier alpha value is 1.49. The maximum Gasteiger partial charge on any atom is 2.00 e. The standard InChI is InChI=1S/2C6H5.2CH3.Ba.Sr/c2*1-2-4-6-5-3-1;;;;/h2*1-5H;2*1H3;;/q4*-1;2*+2. The molecule has 2 aromatic carbocycles. The predicted octanol–water partition coefficient (Wildman–Crippen LogP) is 3.11. The van der Waals surface area contributed by atoms with Crippen molar-refractivity contribution in [2.45, 2.75) is 0 Å². The van der Waals surface area contributed by atoms with E-state index in [9.17, 15) is 0 Å². The van der Waals surface area contributed by atoms with Gasteiger partial charge in [0.15, 0.2) is 0 Å². The molecular formula is C14H16BaSr. The summed E-state index contributed by atoms with van der Waals surface area (Å²) in [6, 6.07) is 25.0. The molecule has 76 valence electrons. The minimum absolute atomic E-state index is 0. The molecule has 0 radical (unpaired) electrons. The molecule has 0 spiro atoms. The van der Waals surface area contributed by atoms with Crippen LogP contribution in [0.25, 0.3) is 0 Å². The van der Waals surface area contributed by atoms with E-state index in [0.29, 0.717) is 0 Å². The molecule has 0 fully saturated rings. The quantitative estimate of drug-likeness (QED) is 0.464. The van der Waals surface area contributed by atoms with Crippen molar-refractivity contribution in [3.05, 3.63) is 87.6 Å². The van der Waals surface area contributed by atoms with E-state index in [1.807, 2.05) is 60.7 Å². The second kappa shape index (κ2) is 21.7. The maximum atomic E-state index is 2.89. The number of rotatable bonds is 0. The van der Waals surface area contributed by atoms with Gasteiger partial charge in [-0.05, 0) is 0 Å². The van der Waals surface area contributed by atoms with Crippen molar-refractivity contribution >= 4 is 94.4 Å². The van der Waals surface area contributed by atoms with Crippen LogP contribution in [-0.4, -0.2) is 94.4 Å². The van der Waals surface area contributed by atoms with Crippen molar-refractivity contribution in [1.82, 2.24) is 0 Å². The first kappa shape index (κ1) is 26.1. The fraction of sp³-hybridized carbons (Fsp3) is 0. The van der Waals surface area contributed by atoms with Gasteiger partial charge in [0.05, 0.1) is 0 Å². The molecular weight excluding hydrogens is 393 g/mol. The van der Waals surface area contributed by atoms with E-state index in [4.69, 9.17) is 0 Å². The van der Waals surface area contributed by atoms with Crippen LogP contribution in [0.4, 0.5) is 0 Å². The summed E-state index contributed by atoms with van der Waals surface area (Å²) in [6.45, 7) is 0. The summed E-state index contributed by atoms with van der Waals surface area (Å²) in [5.74, 6) is 0. The summed E-state index contributed by atoms with van der Waals surface area (Å²) in [6.07, 6.45) is 0. The van der Waals surface area contributed by atoms with Crippen LogP contribution in [-0.2, 0) is 0 Å². The molecule has 0 aliphatic carbocycles. The van der Waals surface area contributed by atoms with Crippen LogP contribution >= 0.6 is 0 Å². The van der Waals surface area contributed by atoms with E-state index >= 15 is 0 Å². The largest absolute Gasteiger partial charge is 2.00 e. The first-order chi connectivity index (χ1) is 6.00. The summed E-state index contributed by atoms with van der Waals surface area (Å²) in [7, 11) is 0. The molecule has 0 aliphatic heterocycles. The van der Waals surface area contributed by atoms with Gasteiger partial charge in [0.2, 0.25) is 0 Å². The minimum atomic E-state index is 0. The fourth-order valence-electron chi connectivity index (χ4n) is 0.684. The Morgan fingerprint density at radius 3 is 0.812 bits per heavy atom. The summed E-state index contributed by atoms with van der Waals surface area (Å²) < 4.78 is 0. The van der Waals surface area contributed by atoms with Crippen molar-refractivity contribution < 1.29 is 0 Å². The van der Waals surface area contributed by atoms with E-state index < -0.39 is 0 Å². The monoisotopic (exact) mass is 410 g/mol. The van der Waals surface area contributed by atoms with Crippen molar-refractivity contribution in [3.8, 4) is 0 Å². The maximum absolute atomic E-state index is 2.89. The topological polar surface area (TPSA) is 0 Å². The van der Waals surface area contributed by atoms with Gasteiger partial charge in [0.1, 0.15) is 0 Å². The summed E-state index contributed by atoms with van der Waals surface area (Å²) in [5.41, 5.74) is 0. The molecule has 0 unspecified atom stereocenters.